The minimum absolute atomic E-state index is 0.211. The largest absolute Gasteiger partial charge is 0.458 e. The number of imide groups is 1. The number of hydrogen-bond acceptors (Lipinski definition) is 6. The van der Waals surface area contributed by atoms with E-state index in [1.165, 1.54) is 0 Å². The molecule has 7 heteroatoms. The van der Waals surface area contributed by atoms with Gasteiger partial charge in [-0.3, -0.25) is 14.5 Å². The molecule has 130 valence electrons. The van der Waals surface area contributed by atoms with Crippen molar-refractivity contribution >= 4 is 17.8 Å². The molecule has 1 unspecified atom stereocenters. The summed E-state index contributed by atoms with van der Waals surface area (Å²) < 4.78 is 5.38. The van der Waals surface area contributed by atoms with E-state index in [9.17, 15) is 14.4 Å². The van der Waals surface area contributed by atoms with Crippen LogP contribution in [0.15, 0.2) is 24.3 Å². The van der Waals surface area contributed by atoms with Gasteiger partial charge in [0.25, 0.3) is 11.8 Å². The lowest BCUT2D eigenvalue weighted by Gasteiger charge is -2.28. The number of fused-ring (bicyclic) bond motifs is 1. The van der Waals surface area contributed by atoms with Gasteiger partial charge in [0.1, 0.15) is 11.6 Å². The van der Waals surface area contributed by atoms with E-state index in [1.807, 2.05) is 0 Å². The zero-order valence-electron chi connectivity index (χ0n) is 14.1. The lowest BCUT2D eigenvalue weighted by Crippen LogP contribution is -2.47. The second kappa shape index (κ2) is 7.11. The van der Waals surface area contributed by atoms with E-state index in [2.05, 4.69) is 4.84 Å². The molecule has 7 nitrogen and oxygen atoms in total. The number of carbonyl (C=O) groups excluding carboxylic acids is 3. The van der Waals surface area contributed by atoms with Gasteiger partial charge in [-0.25, -0.2) is 10.7 Å². The number of nitrogens with zero attached hydrogens (tertiary/aromatic N) is 1. The molecule has 2 amide bonds. The molecule has 2 N–H and O–H groups in total. The smallest absolute Gasteiger partial charge is 0.329 e. The molecule has 0 aliphatic carbocycles. The van der Waals surface area contributed by atoms with E-state index >= 15 is 0 Å². The lowest BCUT2D eigenvalue weighted by molar-refractivity contribution is -0.160. The second-order valence-electron chi connectivity index (χ2n) is 6.59. The molecule has 0 radical (unpaired) electrons. The van der Waals surface area contributed by atoms with Gasteiger partial charge in [-0.1, -0.05) is 12.1 Å². The SMILES string of the molecule is CC(C)(C)OC(=O)C(CCCON)N1C(=O)c2ccccc2C1=O. The van der Waals surface area contributed by atoms with E-state index in [-0.39, 0.29) is 13.0 Å². The van der Waals surface area contributed by atoms with Crippen LogP contribution >= 0.6 is 0 Å². The van der Waals surface area contributed by atoms with Gasteiger partial charge in [-0.2, -0.15) is 0 Å². The number of benzene rings is 1. The third kappa shape index (κ3) is 3.80. The summed E-state index contributed by atoms with van der Waals surface area (Å²) in [5.41, 5.74) is -0.129. The van der Waals surface area contributed by atoms with Crippen LogP contribution in [-0.2, 0) is 14.4 Å². The Morgan fingerprint density at radius 3 is 2.17 bits per heavy atom. The fourth-order valence-corrected chi connectivity index (χ4v) is 2.57. The van der Waals surface area contributed by atoms with Crippen molar-refractivity contribution in [3.05, 3.63) is 35.4 Å². The molecule has 0 saturated carbocycles. The second-order valence-corrected chi connectivity index (χ2v) is 6.59. The van der Waals surface area contributed by atoms with Crippen molar-refractivity contribution in [1.29, 1.82) is 0 Å². The van der Waals surface area contributed by atoms with Crippen LogP contribution in [0, 0.1) is 0 Å². The van der Waals surface area contributed by atoms with Crippen LogP contribution in [0.2, 0.25) is 0 Å². The summed E-state index contributed by atoms with van der Waals surface area (Å²) in [5, 5.41) is 0. The summed E-state index contributed by atoms with van der Waals surface area (Å²) in [6.07, 6.45) is 0.630. The maximum Gasteiger partial charge on any atom is 0.329 e. The predicted molar refractivity (Wildman–Crippen MR) is 85.9 cm³/mol. The summed E-state index contributed by atoms with van der Waals surface area (Å²) in [7, 11) is 0. The van der Waals surface area contributed by atoms with Gasteiger partial charge in [0, 0.05) is 0 Å². The van der Waals surface area contributed by atoms with E-state index < -0.39 is 29.4 Å². The molecule has 2 rings (SSSR count). The Balaban J connectivity index is 2.29. The molecule has 1 aliphatic rings. The van der Waals surface area contributed by atoms with Crippen molar-refractivity contribution in [2.75, 3.05) is 6.61 Å². The molecular formula is C17H22N2O5. The minimum atomic E-state index is -1.01. The Labute approximate surface area is 140 Å². The predicted octanol–water partition coefficient (Wildman–Crippen LogP) is 1.66. The van der Waals surface area contributed by atoms with Crippen molar-refractivity contribution in [3.8, 4) is 0 Å². The van der Waals surface area contributed by atoms with Crippen molar-refractivity contribution in [2.24, 2.45) is 5.90 Å². The number of hydrogen-bond donors (Lipinski definition) is 1. The van der Waals surface area contributed by atoms with Gasteiger partial charge in [-0.15, -0.1) is 0 Å². The van der Waals surface area contributed by atoms with Crippen molar-refractivity contribution < 1.29 is 24.0 Å². The van der Waals surface area contributed by atoms with E-state index in [1.54, 1.807) is 45.0 Å². The highest BCUT2D eigenvalue weighted by Gasteiger charge is 2.43. The minimum Gasteiger partial charge on any atom is -0.458 e. The highest BCUT2D eigenvalue weighted by Crippen LogP contribution is 2.27. The Hall–Kier alpha value is -2.25. The molecular weight excluding hydrogens is 312 g/mol. The number of rotatable bonds is 6. The monoisotopic (exact) mass is 334 g/mol. The molecule has 0 aromatic heterocycles. The van der Waals surface area contributed by atoms with E-state index in [4.69, 9.17) is 10.6 Å². The standard InChI is InChI=1S/C17H22N2O5/c1-17(2,3)24-16(22)13(9-6-10-23-18)19-14(20)11-7-4-5-8-12(11)15(19)21/h4-5,7-8,13H,6,9-10,18H2,1-3H3. The van der Waals surface area contributed by atoms with Gasteiger partial charge in [0.2, 0.25) is 0 Å². The number of nitrogens with two attached hydrogens (primary N) is 1. The van der Waals surface area contributed by atoms with E-state index in [0.29, 0.717) is 17.5 Å². The van der Waals surface area contributed by atoms with Gasteiger partial charge in [0.15, 0.2) is 0 Å². The fourth-order valence-electron chi connectivity index (χ4n) is 2.57. The van der Waals surface area contributed by atoms with Crippen LogP contribution < -0.4 is 5.90 Å². The van der Waals surface area contributed by atoms with Gasteiger partial charge >= 0.3 is 5.97 Å². The first-order valence-corrected chi connectivity index (χ1v) is 7.77. The van der Waals surface area contributed by atoms with Crippen LogP contribution in [0.4, 0.5) is 0 Å². The third-order valence-electron chi connectivity index (χ3n) is 3.56. The van der Waals surface area contributed by atoms with Crippen LogP contribution in [0.5, 0.6) is 0 Å². The topological polar surface area (TPSA) is 98.9 Å². The highest BCUT2D eigenvalue weighted by molar-refractivity contribution is 6.22. The Morgan fingerprint density at radius 2 is 1.71 bits per heavy atom. The molecule has 1 aromatic rings. The normalized spacial score (nSPS) is 15.4. The number of amides is 2. The molecule has 0 bridgehead atoms. The molecule has 1 aliphatic heterocycles. The van der Waals surface area contributed by atoms with Gasteiger partial charge in [-0.05, 0) is 45.7 Å². The average Bonchev–Trinajstić information content (AvgIpc) is 2.75. The van der Waals surface area contributed by atoms with Crippen LogP contribution in [0.25, 0.3) is 0 Å². The van der Waals surface area contributed by atoms with Crippen molar-refractivity contribution in [1.82, 2.24) is 4.90 Å². The zero-order valence-corrected chi connectivity index (χ0v) is 14.1. The summed E-state index contributed by atoms with van der Waals surface area (Å²) in [4.78, 5) is 43.2. The summed E-state index contributed by atoms with van der Waals surface area (Å²) >= 11 is 0. The molecule has 24 heavy (non-hydrogen) atoms. The van der Waals surface area contributed by atoms with E-state index in [0.717, 1.165) is 4.90 Å². The first-order chi connectivity index (χ1) is 11.3. The molecule has 1 atom stereocenters. The summed E-state index contributed by atoms with van der Waals surface area (Å²) in [5.74, 6) is 3.42. The quantitative estimate of drug-likeness (QED) is 0.368. The number of esters is 1. The van der Waals surface area contributed by atoms with Crippen LogP contribution in [-0.4, -0.2) is 40.9 Å². The Kier molecular flexibility index (Phi) is 5.36. The van der Waals surface area contributed by atoms with Crippen molar-refractivity contribution in [3.63, 3.8) is 0 Å². The maximum absolute atomic E-state index is 12.6. The Bertz CT molecular complexity index is 616. The zero-order chi connectivity index (χ0) is 17.9. The molecule has 1 aromatic carbocycles. The molecule has 0 saturated heterocycles. The average molecular weight is 334 g/mol. The highest BCUT2D eigenvalue weighted by atomic mass is 16.6. The lowest BCUT2D eigenvalue weighted by atomic mass is 10.1. The van der Waals surface area contributed by atoms with Gasteiger partial charge in [0.05, 0.1) is 17.7 Å². The number of ether oxygens (including phenoxy) is 1. The van der Waals surface area contributed by atoms with Crippen LogP contribution in [0.3, 0.4) is 0 Å². The third-order valence-corrected chi connectivity index (χ3v) is 3.56. The molecule has 0 fully saturated rings. The summed E-state index contributed by atoms with van der Waals surface area (Å²) in [6.45, 7) is 5.40. The van der Waals surface area contributed by atoms with Gasteiger partial charge < -0.3 is 9.57 Å². The van der Waals surface area contributed by atoms with Crippen LogP contribution in [0.1, 0.15) is 54.3 Å². The fraction of sp³-hybridized carbons (Fsp3) is 0.471. The first kappa shape index (κ1) is 18.1. The number of carbonyl (C=O) groups is 3. The molecule has 0 spiro atoms. The first-order valence-electron chi connectivity index (χ1n) is 7.77. The maximum atomic E-state index is 12.6. The Morgan fingerprint density at radius 1 is 1.17 bits per heavy atom. The summed E-state index contributed by atoms with van der Waals surface area (Å²) in [6, 6.07) is 5.50. The van der Waals surface area contributed by atoms with Crippen molar-refractivity contribution in [2.45, 2.75) is 45.3 Å². The molecule has 1 heterocycles.